The molecule has 4 nitrogen and oxygen atoms in total. The first kappa shape index (κ1) is 20.0. The monoisotopic (exact) mass is 415 g/mol. The van der Waals surface area contributed by atoms with Crippen molar-refractivity contribution >= 4 is 34.0 Å². The summed E-state index contributed by atoms with van der Waals surface area (Å²) in [4.78, 5) is 31.4. The highest BCUT2D eigenvalue weighted by atomic mass is 32.1. The van der Waals surface area contributed by atoms with E-state index < -0.39 is 12.1 Å². The Morgan fingerprint density at radius 3 is 2.50 bits per heavy atom. The minimum atomic E-state index is -0.887. The van der Waals surface area contributed by atoms with Crippen LogP contribution in [-0.2, 0) is 11.2 Å². The Hall–Kier alpha value is -3.31. The van der Waals surface area contributed by atoms with Crippen LogP contribution >= 0.6 is 11.3 Å². The van der Waals surface area contributed by atoms with E-state index in [0.717, 1.165) is 16.9 Å². The Morgan fingerprint density at radius 2 is 1.80 bits per heavy atom. The summed E-state index contributed by atoms with van der Waals surface area (Å²) in [6.45, 7) is 3.67. The van der Waals surface area contributed by atoms with Gasteiger partial charge in [0.15, 0.2) is 6.10 Å². The molecule has 0 bridgehead atoms. The summed E-state index contributed by atoms with van der Waals surface area (Å²) in [6, 6.07) is 20.5. The molecule has 0 spiro atoms. The first-order chi connectivity index (χ1) is 14.6. The van der Waals surface area contributed by atoms with Crippen molar-refractivity contribution in [3.8, 4) is 10.6 Å². The van der Waals surface area contributed by atoms with Crippen molar-refractivity contribution in [1.29, 1.82) is 0 Å². The Balaban J connectivity index is 1.63. The van der Waals surface area contributed by atoms with Gasteiger partial charge in [0.2, 0.25) is 5.78 Å². The Bertz CT molecular complexity index is 1200. The topological polar surface area (TPSA) is 56.3 Å². The summed E-state index contributed by atoms with van der Waals surface area (Å²) < 4.78 is 5.58. The summed E-state index contributed by atoms with van der Waals surface area (Å²) in [5.41, 5.74) is 3.52. The maximum atomic E-state index is 13.0. The average molecular weight is 416 g/mol. The maximum Gasteiger partial charge on any atom is 0.339 e. The highest BCUT2D eigenvalue weighted by molar-refractivity contribution is 7.13. The first-order valence-corrected chi connectivity index (χ1v) is 10.7. The first-order valence-electron chi connectivity index (χ1n) is 9.84. The van der Waals surface area contributed by atoms with Gasteiger partial charge in [-0.3, -0.25) is 4.79 Å². The number of benzene rings is 2. The molecule has 0 aliphatic rings. The van der Waals surface area contributed by atoms with Gasteiger partial charge < -0.3 is 4.74 Å². The van der Waals surface area contributed by atoms with Crippen molar-refractivity contribution in [2.45, 2.75) is 26.4 Å². The molecule has 2 heterocycles. The van der Waals surface area contributed by atoms with Gasteiger partial charge in [0.25, 0.3) is 0 Å². The average Bonchev–Trinajstić information content (AvgIpc) is 3.33. The van der Waals surface area contributed by atoms with Gasteiger partial charge in [0, 0.05) is 10.9 Å². The van der Waals surface area contributed by atoms with Gasteiger partial charge in [0.05, 0.1) is 21.7 Å². The van der Waals surface area contributed by atoms with E-state index in [9.17, 15) is 9.59 Å². The molecule has 0 saturated heterocycles. The third-order valence-electron chi connectivity index (χ3n) is 5.01. The van der Waals surface area contributed by atoms with E-state index in [4.69, 9.17) is 4.74 Å². The molecule has 2 aromatic heterocycles. The minimum Gasteiger partial charge on any atom is -0.451 e. The number of hydrogen-bond donors (Lipinski definition) is 0. The van der Waals surface area contributed by atoms with Crippen LogP contribution in [0.15, 0.2) is 72.1 Å². The predicted molar refractivity (Wildman–Crippen MR) is 120 cm³/mol. The summed E-state index contributed by atoms with van der Waals surface area (Å²) in [5, 5.41) is 2.67. The maximum absolute atomic E-state index is 13.0. The largest absolute Gasteiger partial charge is 0.451 e. The molecular formula is C25H21NO3S. The van der Waals surface area contributed by atoms with Crippen LogP contribution in [0.1, 0.15) is 40.1 Å². The van der Waals surface area contributed by atoms with Crippen molar-refractivity contribution in [3.63, 3.8) is 0 Å². The molecule has 0 unspecified atom stereocenters. The zero-order valence-electron chi connectivity index (χ0n) is 16.8. The summed E-state index contributed by atoms with van der Waals surface area (Å²) in [5.74, 6) is -0.750. The molecule has 0 amide bonds. The number of pyridine rings is 1. The number of hydrogen-bond acceptors (Lipinski definition) is 5. The molecule has 30 heavy (non-hydrogen) atoms. The Morgan fingerprint density at radius 1 is 1.03 bits per heavy atom. The van der Waals surface area contributed by atoms with Crippen molar-refractivity contribution in [2.24, 2.45) is 0 Å². The molecule has 0 aliphatic carbocycles. The molecule has 2 aromatic carbocycles. The van der Waals surface area contributed by atoms with Crippen LogP contribution in [0.5, 0.6) is 0 Å². The van der Waals surface area contributed by atoms with Crippen LogP contribution in [0.2, 0.25) is 0 Å². The third-order valence-corrected chi connectivity index (χ3v) is 5.90. The van der Waals surface area contributed by atoms with E-state index in [1.807, 2.05) is 53.9 Å². The summed E-state index contributed by atoms with van der Waals surface area (Å²) >= 11 is 1.56. The van der Waals surface area contributed by atoms with Crippen LogP contribution in [0.3, 0.4) is 0 Å². The van der Waals surface area contributed by atoms with Crippen molar-refractivity contribution in [1.82, 2.24) is 4.98 Å². The van der Waals surface area contributed by atoms with E-state index in [2.05, 4.69) is 11.9 Å². The minimum absolute atomic E-state index is 0.220. The third kappa shape index (κ3) is 4.02. The fraction of sp³-hybridized carbons (Fsp3) is 0.160. The predicted octanol–water partition coefficient (Wildman–Crippen LogP) is 5.95. The Kier molecular flexibility index (Phi) is 5.72. The van der Waals surface area contributed by atoms with E-state index in [1.165, 1.54) is 0 Å². The number of aromatic nitrogens is 1. The van der Waals surface area contributed by atoms with Crippen LogP contribution in [0.4, 0.5) is 0 Å². The normalized spacial score (nSPS) is 11.9. The smallest absolute Gasteiger partial charge is 0.339 e. The number of esters is 1. The number of fused-ring (bicyclic) bond motifs is 1. The zero-order chi connectivity index (χ0) is 21.1. The second-order valence-corrected chi connectivity index (χ2v) is 7.96. The second kappa shape index (κ2) is 8.59. The van der Waals surface area contributed by atoms with Gasteiger partial charge in [-0.1, -0.05) is 55.5 Å². The summed E-state index contributed by atoms with van der Waals surface area (Å²) in [6.07, 6.45) is 0.0165. The van der Waals surface area contributed by atoms with Gasteiger partial charge in [-0.2, -0.15) is 0 Å². The number of carbonyl (C=O) groups is 2. The van der Waals surface area contributed by atoms with E-state index >= 15 is 0 Å². The van der Waals surface area contributed by atoms with Gasteiger partial charge in [-0.25, -0.2) is 9.78 Å². The van der Waals surface area contributed by atoms with Crippen LogP contribution < -0.4 is 0 Å². The molecule has 4 aromatic rings. The summed E-state index contributed by atoms with van der Waals surface area (Å²) in [7, 11) is 0. The van der Waals surface area contributed by atoms with Crippen molar-refractivity contribution < 1.29 is 14.3 Å². The lowest BCUT2D eigenvalue weighted by Crippen LogP contribution is -2.24. The lowest BCUT2D eigenvalue weighted by Gasteiger charge is -2.14. The van der Waals surface area contributed by atoms with Gasteiger partial charge in [-0.15, -0.1) is 11.3 Å². The fourth-order valence-corrected chi connectivity index (χ4v) is 4.00. The molecule has 0 N–H and O–H groups in total. The van der Waals surface area contributed by atoms with Gasteiger partial charge in [0.1, 0.15) is 0 Å². The fourth-order valence-electron chi connectivity index (χ4n) is 3.31. The van der Waals surface area contributed by atoms with Gasteiger partial charge in [-0.05, 0) is 42.5 Å². The van der Waals surface area contributed by atoms with Crippen LogP contribution in [0, 0.1) is 0 Å². The second-order valence-electron chi connectivity index (χ2n) is 7.01. The number of ketones is 1. The molecule has 150 valence electrons. The van der Waals surface area contributed by atoms with E-state index in [1.54, 1.807) is 36.5 Å². The number of nitrogens with zero attached hydrogens (tertiary/aromatic N) is 1. The van der Waals surface area contributed by atoms with Crippen molar-refractivity contribution in [2.75, 3.05) is 0 Å². The lowest BCUT2D eigenvalue weighted by atomic mass is 10.0. The number of para-hydroxylation sites is 1. The van der Waals surface area contributed by atoms with Crippen molar-refractivity contribution in [3.05, 3.63) is 88.8 Å². The lowest BCUT2D eigenvalue weighted by molar-refractivity contribution is 0.0320. The number of Topliss-reactive ketones (excluding diaryl/α,β-unsaturated/α-hetero) is 1. The zero-order valence-corrected chi connectivity index (χ0v) is 17.6. The SMILES string of the molecule is CCc1ccc(C(=O)[C@@H](C)OC(=O)c2cc(-c3cccs3)nc3ccccc23)cc1. The molecule has 0 radical (unpaired) electrons. The number of rotatable bonds is 6. The molecule has 4 rings (SSSR count). The number of aryl methyl sites for hydroxylation is 1. The molecule has 0 fully saturated rings. The van der Waals surface area contributed by atoms with E-state index in [-0.39, 0.29) is 5.78 Å². The van der Waals surface area contributed by atoms with Gasteiger partial charge >= 0.3 is 5.97 Å². The molecule has 1 atom stereocenters. The standard InChI is InChI=1S/C25H21NO3S/c1-3-17-10-12-18(13-11-17)24(27)16(2)29-25(28)20-15-22(23-9-6-14-30-23)26-21-8-5-4-7-19(20)21/h4-16H,3H2,1-2H3/t16-/m1/s1. The molecule has 0 aliphatic heterocycles. The number of thiophene rings is 1. The van der Waals surface area contributed by atoms with Crippen LogP contribution in [0.25, 0.3) is 21.5 Å². The highest BCUT2D eigenvalue weighted by Crippen LogP contribution is 2.28. The van der Waals surface area contributed by atoms with Crippen LogP contribution in [-0.4, -0.2) is 22.8 Å². The molecular weight excluding hydrogens is 394 g/mol. The number of ether oxygens (including phenoxy) is 1. The molecule has 5 heteroatoms. The highest BCUT2D eigenvalue weighted by Gasteiger charge is 2.22. The quantitative estimate of drug-likeness (QED) is 0.288. The van der Waals surface area contributed by atoms with E-state index in [0.29, 0.717) is 27.7 Å². The molecule has 0 saturated carbocycles. The number of carbonyl (C=O) groups excluding carboxylic acids is 2. The Labute approximate surface area is 179 Å².